The van der Waals surface area contributed by atoms with E-state index in [0.29, 0.717) is 36.1 Å². The molecule has 0 unspecified atom stereocenters. The lowest BCUT2D eigenvalue weighted by atomic mass is 10.3. The highest BCUT2D eigenvalue weighted by Crippen LogP contribution is 2.31. The van der Waals surface area contributed by atoms with E-state index >= 15 is 0 Å². The number of hydrogen-bond acceptors (Lipinski definition) is 5. The molecule has 2 aromatic carbocycles. The topological polar surface area (TPSA) is 93.7 Å². The number of carbonyl (C=O) groups excluding carboxylic acids is 1. The molecule has 0 bridgehead atoms. The van der Waals surface area contributed by atoms with Gasteiger partial charge in [-0.2, -0.15) is 0 Å². The van der Waals surface area contributed by atoms with Gasteiger partial charge in [0.05, 0.1) is 23.8 Å². The van der Waals surface area contributed by atoms with Crippen LogP contribution in [-0.4, -0.2) is 27.5 Å². The van der Waals surface area contributed by atoms with E-state index in [4.69, 9.17) is 9.47 Å². The second-order valence-electron chi connectivity index (χ2n) is 5.34. The number of carbonyl (C=O) groups is 1. The highest BCUT2D eigenvalue weighted by molar-refractivity contribution is 7.92. The van der Waals surface area contributed by atoms with Gasteiger partial charge in [-0.25, -0.2) is 8.42 Å². The van der Waals surface area contributed by atoms with Crippen LogP contribution in [0.5, 0.6) is 11.5 Å². The van der Waals surface area contributed by atoms with Crippen molar-refractivity contribution in [3.05, 3.63) is 42.5 Å². The number of nitrogens with one attached hydrogen (secondary N) is 2. The Morgan fingerprint density at radius 1 is 1.00 bits per heavy atom. The molecule has 26 heavy (non-hydrogen) atoms. The molecular weight excluding hydrogens is 356 g/mol. The van der Waals surface area contributed by atoms with E-state index < -0.39 is 10.0 Å². The van der Waals surface area contributed by atoms with Gasteiger partial charge in [-0.15, -0.1) is 0 Å². The first-order chi connectivity index (χ1) is 12.4. The molecule has 2 N–H and O–H groups in total. The van der Waals surface area contributed by atoms with Crippen molar-refractivity contribution < 1.29 is 22.7 Å². The summed E-state index contributed by atoms with van der Waals surface area (Å²) in [5, 5.41) is 2.59. The summed E-state index contributed by atoms with van der Waals surface area (Å²) >= 11 is 0. The Kier molecular flexibility index (Phi) is 6.46. The van der Waals surface area contributed by atoms with Crippen LogP contribution in [0.3, 0.4) is 0 Å². The van der Waals surface area contributed by atoms with Gasteiger partial charge >= 0.3 is 0 Å². The van der Waals surface area contributed by atoms with E-state index in [1.807, 2.05) is 13.8 Å². The first kappa shape index (κ1) is 19.6. The zero-order valence-electron chi connectivity index (χ0n) is 14.9. The van der Waals surface area contributed by atoms with Gasteiger partial charge in [-0.3, -0.25) is 9.52 Å². The van der Waals surface area contributed by atoms with Gasteiger partial charge in [-0.1, -0.05) is 0 Å². The number of sulfonamides is 1. The fourth-order valence-electron chi connectivity index (χ4n) is 2.25. The Balaban J connectivity index is 2.29. The molecule has 0 heterocycles. The van der Waals surface area contributed by atoms with E-state index in [9.17, 15) is 13.2 Å². The van der Waals surface area contributed by atoms with Gasteiger partial charge in [0.1, 0.15) is 11.5 Å². The Bertz CT molecular complexity index is 864. The second kappa shape index (κ2) is 8.57. The molecule has 0 aliphatic carbocycles. The second-order valence-corrected chi connectivity index (χ2v) is 7.02. The summed E-state index contributed by atoms with van der Waals surface area (Å²) in [6.45, 7) is 5.90. The zero-order chi connectivity index (χ0) is 19.2. The molecule has 0 aromatic heterocycles. The lowest BCUT2D eigenvalue weighted by Crippen LogP contribution is -2.14. The van der Waals surface area contributed by atoms with Crippen LogP contribution in [0.2, 0.25) is 0 Å². The average molecular weight is 378 g/mol. The van der Waals surface area contributed by atoms with E-state index in [0.717, 1.165) is 0 Å². The molecular formula is C18H22N2O5S. The largest absolute Gasteiger partial charge is 0.494 e. The fourth-order valence-corrected chi connectivity index (χ4v) is 3.31. The molecule has 140 valence electrons. The van der Waals surface area contributed by atoms with Crippen LogP contribution in [0.15, 0.2) is 47.4 Å². The van der Waals surface area contributed by atoms with Gasteiger partial charge in [0, 0.05) is 18.7 Å². The summed E-state index contributed by atoms with van der Waals surface area (Å²) in [4.78, 5) is 11.1. The van der Waals surface area contributed by atoms with Crippen molar-refractivity contribution in [2.45, 2.75) is 25.7 Å². The van der Waals surface area contributed by atoms with Crippen molar-refractivity contribution in [1.82, 2.24) is 0 Å². The fraction of sp³-hybridized carbons (Fsp3) is 0.278. The molecule has 0 fully saturated rings. The highest BCUT2D eigenvalue weighted by atomic mass is 32.2. The first-order valence-electron chi connectivity index (χ1n) is 8.15. The summed E-state index contributed by atoms with van der Waals surface area (Å²) in [6.07, 6.45) is 0. The maximum absolute atomic E-state index is 12.7. The third-order valence-corrected chi connectivity index (χ3v) is 4.67. The van der Waals surface area contributed by atoms with Crippen molar-refractivity contribution in [2.75, 3.05) is 23.3 Å². The third-order valence-electron chi connectivity index (χ3n) is 3.29. The van der Waals surface area contributed by atoms with Crippen LogP contribution in [-0.2, 0) is 14.8 Å². The van der Waals surface area contributed by atoms with Crippen LogP contribution in [0.25, 0.3) is 0 Å². The summed E-state index contributed by atoms with van der Waals surface area (Å²) < 4.78 is 38.8. The summed E-state index contributed by atoms with van der Waals surface area (Å²) in [7, 11) is -3.83. The lowest BCUT2D eigenvalue weighted by molar-refractivity contribution is -0.114. The van der Waals surface area contributed by atoms with E-state index in [1.54, 1.807) is 18.2 Å². The number of amides is 1. The molecule has 0 aliphatic rings. The first-order valence-corrected chi connectivity index (χ1v) is 9.64. The predicted octanol–water partition coefficient (Wildman–Crippen LogP) is 3.24. The van der Waals surface area contributed by atoms with Gasteiger partial charge in [0.2, 0.25) is 5.91 Å². The molecule has 8 heteroatoms. The standard InChI is InChI=1S/C18H22N2O5S/c1-4-24-15-8-11-18(25-5-2)17(12-15)20-26(22,23)16-9-6-14(7-10-16)19-13(3)21/h6-12,20H,4-5H2,1-3H3,(H,19,21). The molecule has 0 radical (unpaired) electrons. The zero-order valence-corrected chi connectivity index (χ0v) is 15.7. The molecule has 2 rings (SSSR count). The monoisotopic (exact) mass is 378 g/mol. The van der Waals surface area contributed by atoms with Crippen LogP contribution >= 0.6 is 0 Å². The van der Waals surface area contributed by atoms with Crippen molar-refractivity contribution in [3.63, 3.8) is 0 Å². The minimum atomic E-state index is -3.83. The summed E-state index contributed by atoms with van der Waals surface area (Å²) in [5.41, 5.74) is 0.813. The number of anilines is 2. The predicted molar refractivity (Wildman–Crippen MR) is 100 cm³/mol. The van der Waals surface area contributed by atoms with Crippen LogP contribution in [0.4, 0.5) is 11.4 Å². The smallest absolute Gasteiger partial charge is 0.262 e. The Labute approximate surface area is 153 Å². The Morgan fingerprint density at radius 2 is 1.65 bits per heavy atom. The van der Waals surface area contributed by atoms with Crippen LogP contribution in [0.1, 0.15) is 20.8 Å². The van der Waals surface area contributed by atoms with Crippen LogP contribution < -0.4 is 19.5 Å². The molecule has 7 nitrogen and oxygen atoms in total. The quantitative estimate of drug-likeness (QED) is 0.735. The van der Waals surface area contributed by atoms with Crippen LogP contribution in [0, 0.1) is 0 Å². The van der Waals surface area contributed by atoms with Gasteiger partial charge in [0.15, 0.2) is 0 Å². The summed E-state index contributed by atoms with van der Waals surface area (Å²) in [5.74, 6) is 0.719. The third kappa shape index (κ3) is 5.13. The number of rotatable bonds is 8. The average Bonchev–Trinajstić information content (AvgIpc) is 2.57. The normalized spacial score (nSPS) is 10.9. The Hall–Kier alpha value is -2.74. The minimum Gasteiger partial charge on any atom is -0.494 e. The van der Waals surface area contributed by atoms with Gasteiger partial charge in [-0.05, 0) is 50.2 Å². The lowest BCUT2D eigenvalue weighted by Gasteiger charge is -2.15. The number of ether oxygens (including phenoxy) is 2. The molecule has 2 aromatic rings. The highest BCUT2D eigenvalue weighted by Gasteiger charge is 2.17. The van der Waals surface area contributed by atoms with Crippen molar-refractivity contribution in [2.24, 2.45) is 0 Å². The SMILES string of the molecule is CCOc1ccc(OCC)c(NS(=O)(=O)c2ccc(NC(C)=O)cc2)c1. The molecule has 0 saturated carbocycles. The molecule has 0 spiro atoms. The van der Waals surface area contributed by atoms with E-state index in [-0.39, 0.29) is 10.8 Å². The summed E-state index contributed by atoms with van der Waals surface area (Å²) in [6, 6.07) is 10.8. The van der Waals surface area contributed by atoms with Gasteiger partial charge < -0.3 is 14.8 Å². The van der Waals surface area contributed by atoms with E-state index in [2.05, 4.69) is 10.0 Å². The molecule has 0 saturated heterocycles. The van der Waals surface area contributed by atoms with Crippen molar-refractivity contribution >= 4 is 27.3 Å². The molecule has 1 amide bonds. The number of benzene rings is 2. The van der Waals surface area contributed by atoms with Crippen molar-refractivity contribution in [1.29, 1.82) is 0 Å². The number of hydrogen-bond donors (Lipinski definition) is 2. The Morgan fingerprint density at radius 3 is 2.23 bits per heavy atom. The van der Waals surface area contributed by atoms with E-state index in [1.165, 1.54) is 31.2 Å². The minimum absolute atomic E-state index is 0.0656. The van der Waals surface area contributed by atoms with Gasteiger partial charge in [0.25, 0.3) is 10.0 Å². The molecule has 0 aliphatic heterocycles. The maximum Gasteiger partial charge on any atom is 0.262 e. The molecule has 0 atom stereocenters. The van der Waals surface area contributed by atoms with Crippen molar-refractivity contribution in [3.8, 4) is 11.5 Å². The maximum atomic E-state index is 12.7.